The first-order chi connectivity index (χ1) is 12.6. The van der Waals surface area contributed by atoms with E-state index in [0.29, 0.717) is 17.0 Å². The molecular formula is C20H18N2O4. The minimum atomic E-state index is -0.316. The fourth-order valence-electron chi connectivity index (χ4n) is 2.78. The molecule has 3 rings (SSSR count). The second-order valence-corrected chi connectivity index (χ2v) is 5.52. The first kappa shape index (κ1) is 17.3. The van der Waals surface area contributed by atoms with E-state index in [0.717, 1.165) is 0 Å². The topological polar surface area (TPSA) is 83.5 Å². The zero-order chi connectivity index (χ0) is 18.7. The van der Waals surface area contributed by atoms with Gasteiger partial charge in [0.05, 0.1) is 31.2 Å². The third kappa shape index (κ3) is 2.93. The number of ether oxygens (including phenoxy) is 2. The van der Waals surface area contributed by atoms with Gasteiger partial charge in [0.2, 0.25) is 0 Å². The Labute approximate surface area is 150 Å². The molecule has 132 valence electrons. The normalized spacial score (nSPS) is 10.4. The average Bonchev–Trinajstić information content (AvgIpc) is 2.68. The van der Waals surface area contributed by atoms with Crippen molar-refractivity contribution >= 4 is 11.5 Å². The smallest absolute Gasteiger partial charge is 0.255 e. The molecule has 1 heterocycles. The molecule has 0 radical (unpaired) electrons. The Morgan fingerprint density at radius 3 is 2.31 bits per heavy atom. The van der Waals surface area contributed by atoms with E-state index < -0.39 is 0 Å². The quantitative estimate of drug-likeness (QED) is 0.565. The van der Waals surface area contributed by atoms with E-state index in [1.54, 1.807) is 48.7 Å². The van der Waals surface area contributed by atoms with Crippen molar-refractivity contribution in [2.45, 2.75) is 0 Å². The SMILES string of the molecule is COc1cc(-n2ccccc2=O)c(N)c(C(=O)c2ccccc2)c1OC. The van der Waals surface area contributed by atoms with E-state index in [4.69, 9.17) is 15.2 Å². The van der Waals surface area contributed by atoms with Crippen LogP contribution in [0.3, 0.4) is 0 Å². The molecule has 2 aromatic carbocycles. The van der Waals surface area contributed by atoms with Crippen molar-refractivity contribution in [3.05, 3.63) is 82.3 Å². The summed E-state index contributed by atoms with van der Waals surface area (Å²) < 4.78 is 12.1. The van der Waals surface area contributed by atoms with E-state index in [-0.39, 0.29) is 28.3 Å². The Kier molecular flexibility index (Phi) is 4.75. The van der Waals surface area contributed by atoms with E-state index in [1.165, 1.54) is 24.9 Å². The van der Waals surface area contributed by atoms with Gasteiger partial charge in [0.1, 0.15) is 0 Å². The number of benzene rings is 2. The predicted molar refractivity (Wildman–Crippen MR) is 99.4 cm³/mol. The maximum atomic E-state index is 13.1. The highest BCUT2D eigenvalue weighted by molar-refractivity contribution is 6.15. The van der Waals surface area contributed by atoms with Crippen LogP contribution in [0, 0.1) is 0 Å². The lowest BCUT2D eigenvalue weighted by atomic mass is 9.99. The second kappa shape index (κ2) is 7.14. The van der Waals surface area contributed by atoms with Gasteiger partial charge in [0.15, 0.2) is 17.3 Å². The van der Waals surface area contributed by atoms with Crippen LogP contribution in [0.5, 0.6) is 11.5 Å². The van der Waals surface area contributed by atoms with Crippen LogP contribution in [0.25, 0.3) is 5.69 Å². The van der Waals surface area contributed by atoms with Gasteiger partial charge in [-0.1, -0.05) is 36.4 Å². The molecule has 0 aliphatic heterocycles. The Morgan fingerprint density at radius 1 is 1.00 bits per heavy atom. The number of rotatable bonds is 5. The summed E-state index contributed by atoms with van der Waals surface area (Å²) in [5.74, 6) is 0.224. The van der Waals surface area contributed by atoms with Crippen molar-refractivity contribution in [3.8, 4) is 17.2 Å². The molecule has 6 nitrogen and oxygen atoms in total. The summed E-state index contributed by atoms with van der Waals surface area (Å²) in [7, 11) is 2.90. The number of nitrogens with two attached hydrogens (primary N) is 1. The lowest BCUT2D eigenvalue weighted by Crippen LogP contribution is -2.19. The molecule has 0 spiro atoms. The zero-order valence-electron chi connectivity index (χ0n) is 14.4. The van der Waals surface area contributed by atoms with Gasteiger partial charge in [-0.2, -0.15) is 0 Å². The Bertz CT molecular complexity index is 1010. The van der Waals surface area contributed by atoms with Crippen LogP contribution in [0.1, 0.15) is 15.9 Å². The van der Waals surface area contributed by atoms with E-state index in [9.17, 15) is 9.59 Å². The van der Waals surface area contributed by atoms with Crippen LogP contribution in [0.2, 0.25) is 0 Å². The Balaban J connectivity index is 2.32. The fourth-order valence-corrected chi connectivity index (χ4v) is 2.78. The molecule has 26 heavy (non-hydrogen) atoms. The van der Waals surface area contributed by atoms with Crippen LogP contribution >= 0.6 is 0 Å². The Morgan fingerprint density at radius 2 is 1.69 bits per heavy atom. The van der Waals surface area contributed by atoms with Crippen molar-refractivity contribution in [2.75, 3.05) is 20.0 Å². The lowest BCUT2D eigenvalue weighted by molar-refractivity contribution is 0.103. The van der Waals surface area contributed by atoms with Gasteiger partial charge in [-0.15, -0.1) is 0 Å². The number of hydrogen-bond acceptors (Lipinski definition) is 5. The molecule has 0 saturated carbocycles. The fraction of sp³-hybridized carbons (Fsp3) is 0.100. The van der Waals surface area contributed by atoms with Crippen molar-refractivity contribution in [3.63, 3.8) is 0 Å². The number of carbonyl (C=O) groups excluding carboxylic acids is 1. The number of carbonyl (C=O) groups is 1. The third-order valence-corrected chi connectivity index (χ3v) is 4.03. The maximum Gasteiger partial charge on any atom is 0.255 e. The highest BCUT2D eigenvalue weighted by Gasteiger charge is 2.25. The monoisotopic (exact) mass is 350 g/mol. The van der Waals surface area contributed by atoms with Crippen molar-refractivity contribution in [1.82, 2.24) is 4.57 Å². The number of aromatic nitrogens is 1. The summed E-state index contributed by atoms with van der Waals surface area (Å²) in [4.78, 5) is 25.3. The number of anilines is 1. The minimum Gasteiger partial charge on any atom is -0.493 e. The number of methoxy groups -OCH3 is 2. The van der Waals surface area contributed by atoms with Gasteiger partial charge in [-0.25, -0.2) is 0 Å². The number of nitrogens with zero attached hydrogens (tertiary/aromatic N) is 1. The van der Waals surface area contributed by atoms with Gasteiger partial charge >= 0.3 is 0 Å². The summed E-state index contributed by atoms with van der Waals surface area (Å²) in [6, 6.07) is 15.0. The van der Waals surface area contributed by atoms with Crippen molar-refractivity contribution < 1.29 is 14.3 Å². The van der Waals surface area contributed by atoms with Crippen LogP contribution in [0.4, 0.5) is 5.69 Å². The molecule has 2 N–H and O–H groups in total. The van der Waals surface area contributed by atoms with E-state index >= 15 is 0 Å². The standard InChI is InChI=1S/C20H18N2O4/c1-25-15-12-14(22-11-7-6-10-16(22)23)18(21)17(20(15)26-2)19(24)13-8-4-3-5-9-13/h3-12H,21H2,1-2H3. The molecule has 3 aromatic rings. The molecule has 0 bridgehead atoms. The molecule has 0 amide bonds. The third-order valence-electron chi connectivity index (χ3n) is 4.03. The summed E-state index contributed by atoms with van der Waals surface area (Å²) in [5, 5.41) is 0. The first-order valence-electron chi connectivity index (χ1n) is 7.90. The van der Waals surface area contributed by atoms with Gasteiger partial charge in [-0.05, 0) is 6.07 Å². The summed E-state index contributed by atoms with van der Waals surface area (Å²) in [6.07, 6.45) is 1.58. The van der Waals surface area contributed by atoms with Crippen LogP contribution < -0.4 is 20.8 Å². The van der Waals surface area contributed by atoms with Gasteiger partial charge in [0, 0.05) is 23.9 Å². The number of pyridine rings is 1. The second-order valence-electron chi connectivity index (χ2n) is 5.52. The molecule has 0 aliphatic carbocycles. The van der Waals surface area contributed by atoms with Gasteiger partial charge in [0.25, 0.3) is 5.56 Å². The molecule has 0 fully saturated rings. The summed E-state index contributed by atoms with van der Waals surface area (Å²) in [5.41, 5.74) is 7.14. The highest BCUT2D eigenvalue weighted by atomic mass is 16.5. The maximum absolute atomic E-state index is 13.1. The van der Waals surface area contributed by atoms with Crippen LogP contribution in [-0.4, -0.2) is 24.6 Å². The predicted octanol–water partition coefficient (Wildman–Crippen LogP) is 2.67. The van der Waals surface area contributed by atoms with Gasteiger partial charge in [-0.3, -0.25) is 14.2 Å². The van der Waals surface area contributed by atoms with Gasteiger partial charge < -0.3 is 15.2 Å². The van der Waals surface area contributed by atoms with Crippen molar-refractivity contribution in [1.29, 1.82) is 0 Å². The van der Waals surface area contributed by atoms with Crippen LogP contribution in [0.15, 0.2) is 65.6 Å². The highest BCUT2D eigenvalue weighted by Crippen LogP contribution is 2.40. The largest absolute Gasteiger partial charge is 0.493 e. The van der Waals surface area contributed by atoms with E-state index in [2.05, 4.69) is 0 Å². The number of nitrogen functional groups attached to an aromatic ring is 1. The summed E-state index contributed by atoms with van der Waals surface area (Å²) in [6.45, 7) is 0. The first-order valence-corrected chi connectivity index (χ1v) is 7.90. The molecular weight excluding hydrogens is 332 g/mol. The Hall–Kier alpha value is -3.54. The molecule has 6 heteroatoms. The number of hydrogen-bond donors (Lipinski definition) is 1. The molecule has 0 saturated heterocycles. The van der Waals surface area contributed by atoms with E-state index in [1.807, 2.05) is 6.07 Å². The van der Waals surface area contributed by atoms with Crippen LogP contribution in [-0.2, 0) is 0 Å². The molecule has 0 atom stereocenters. The summed E-state index contributed by atoms with van der Waals surface area (Å²) >= 11 is 0. The number of ketones is 1. The molecule has 1 aromatic heterocycles. The molecule has 0 unspecified atom stereocenters. The average molecular weight is 350 g/mol. The molecule has 0 aliphatic rings. The zero-order valence-corrected chi connectivity index (χ0v) is 14.4. The lowest BCUT2D eigenvalue weighted by Gasteiger charge is -2.18. The van der Waals surface area contributed by atoms with Crippen molar-refractivity contribution in [2.24, 2.45) is 0 Å². The minimum absolute atomic E-state index is 0.143.